The quantitative estimate of drug-likeness (QED) is 0.809. The highest BCUT2D eigenvalue weighted by atomic mass is 32.2. The van der Waals surface area contributed by atoms with Crippen LogP contribution in [-0.2, 0) is 26.1 Å². The van der Waals surface area contributed by atoms with Crippen molar-refractivity contribution in [3.05, 3.63) is 29.3 Å². The molecule has 1 fully saturated rings. The van der Waals surface area contributed by atoms with E-state index in [1.54, 1.807) is 0 Å². The van der Waals surface area contributed by atoms with E-state index in [2.05, 4.69) is 4.72 Å². The van der Waals surface area contributed by atoms with Gasteiger partial charge >= 0.3 is 5.97 Å². The molecule has 1 aliphatic heterocycles. The molecule has 0 aliphatic carbocycles. The van der Waals surface area contributed by atoms with Crippen molar-refractivity contribution in [2.75, 3.05) is 20.3 Å². The minimum absolute atomic E-state index is 0.0721. The summed E-state index contributed by atoms with van der Waals surface area (Å²) in [6, 6.07) is 3.99. The van der Waals surface area contributed by atoms with Gasteiger partial charge in [0.15, 0.2) is 0 Å². The lowest BCUT2D eigenvalue weighted by molar-refractivity contribution is 0.0537. The summed E-state index contributed by atoms with van der Waals surface area (Å²) >= 11 is 0. The first-order valence-corrected chi connectivity index (χ1v) is 8.72. The van der Waals surface area contributed by atoms with Gasteiger partial charge in [0.2, 0.25) is 10.0 Å². The number of carbonyl (C=O) groups is 1. The van der Waals surface area contributed by atoms with E-state index in [0.29, 0.717) is 31.6 Å². The Morgan fingerprint density at radius 1 is 1.35 bits per heavy atom. The van der Waals surface area contributed by atoms with E-state index in [1.807, 2.05) is 6.92 Å². The van der Waals surface area contributed by atoms with Gasteiger partial charge in [-0.2, -0.15) is 0 Å². The van der Waals surface area contributed by atoms with Crippen LogP contribution in [0.1, 0.15) is 35.7 Å². The van der Waals surface area contributed by atoms with Gasteiger partial charge in [-0.05, 0) is 43.5 Å². The van der Waals surface area contributed by atoms with Crippen molar-refractivity contribution in [3.63, 3.8) is 0 Å². The van der Waals surface area contributed by atoms with E-state index in [0.717, 1.165) is 6.07 Å². The highest BCUT2D eigenvalue weighted by Gasteiger charge is 2.33. The molecule has 0 spiro atoms. The Balaban J connectivity index is 2.36. The number of aromatic carboxylic acids is 1. The predicted molar refractivity (Wildman–Crippen MR) is 82.9 cm³/mol. The molecule has 2 rings (SSSR count). The van der Waals surface area contributed by atoms with Gasteiger partial charge in [0.1, 0.15) is 0 Å². The van der Waals surface area contributed by atoms with Crippen LogP contribution in [0.25, 0.3) is 0 Å². The van der Waals surface area contributed by atoms with Crippen molar-refractivity contribution < 1.29 is 27.8 Å². The number of rotatable bonds is 6. The zero-order chi connectivity index (χ0) is 17.1. The molecule has 0 unspecified atom stereocenters. The Hall–Kier alpha value is -1.48. The largest absolute Gasteiger partial charge is 0.478 e. The molecule has 8 heteroatoms. The minimum atomic E-state index is -3.84. The third kappa shape index (κ3) is 4.51. The second-order valence-electron chi connectivity index (χ2n) is 5.88. The first-order valence-electron chi connectivity index (χ1n) is 7.24. The third-order valence-electron chi connectivity index (χ3n) is 3.81. The molecule has 0 radical (unpaired) electrons. The SMILES string of the molecule is COCc1cc(C(=O)O)cc(S(=O)(=O)NC2(C)CCOCC2)c1. The maximum Gasteiger partial charge on any atom is 0.335 e. The third-order valence-corrected chi connectivity index (χ3v) is 5.43. The van der Waals surface area contributed by atoms with E-state index in [9.17, 15) is 13.2 Å². The lowest BCUT2D eigenvalue weighted by Gasteiger charge is -2.34. The number of hydrogen-bond donors (Lipinski definition) is 2. The lowest BCUT2D eigenvalue weighted by atomic mass is 9.94. The molecule has 1 aromatic carbocycles. The molecule has 0 saturated carbocycles. The van der Waals surface area contributed by atoms with Crippen LogP contribution >= 0.6 is 0 Å². The van der Waals surface area contributed by atoms with E-state index in [4.69, 9.17) is 14.6 Å². The number of carboxylic acids is 1. The fourth-order valence-electron chi connectivity index (χ4n) is 2.50. The number of ether oxygens (including phenoxy) is 2. The molecule has 7 nitrogen and oxygen atoms in total. The average Bonchev–Trinajstić information content (AvgIpc) is 2.47. The summed E-state index contributed by atoms with van der Waals surface area (Å²) < 4.78 is 38.2. The molecule has 0 amide bonds. The van der Waals surface area contributed by atoms with Gasteiger partial charge in [-0.25, -0.2) is 17.9 Å². The summed E-state index contributed by atoms with van der Waals surface area (Å²) in [6.07, 6.45) is 1.13. The number of carboxylic acid groups (broad SMARTS) is 1. The molecule has 23 heavy (non-hydrogen) atoms. The highest BCUT2D eigenvalue weighted by molar-refractivity contribution is 7.89. The van der Waals surface area contributed by atoms with Crippen molar-refractivity contribution in [1.82, 2.24) is 4.72 Å². The predicted octanol–water partition coefficient (Wildman–Crippen LogP) is 1.38. The Bertz CT molecular complexity index is 679. The summed E-state index contributed by atoms with van der Waals surface area (Å²) in [5.41, 5.74) is -0.195. The van der Waals surface area contributed by atoms with Crippen molar-refractivity contribution in [2.45, 2.75) is 36.8 Å². The van der Waals surface area contributed by atoms with Gasteiger partial charge in [0.25, 0.3) is 0 Å². The van der Waals surface area contributed by atoms with Gasteiger partial charge in [-0.15, -0.1) is 0 Å². The molecule has 0 atom stereocenters. The van der Waals surface area contributed by atoms with Crippen molar-refractivity contribution in [1.29, 1.82) is 0 Å². The normalized spacial score (nSPS) is 17.8. The van der Waals surface area contributed by atoms with E-state index < -0.39 is 21.5 Å². The summed E-state index contributed by atoms with van der Waals surface area (Å²) in [6.45, 7) is 2.94. The minimum Gasteiger partial charge on any atom is -0.478 e. The molecule has 1 heterocycles. The van der Waals surface area contributed by atoms with Crippen LogP contribution in [0.15, 0.2) is 23.1 Å². The second-order valence-corrected chi connectivity index (χ2v) is 7.56. The Labute approximate surface area is 135 Å². The number of benzene rings is 1. The topological polar surface area (TPSA) is 102 Å². The van der Waals surface area contributed by atoms with Crippen LogP contribution < -0.4 is 4.72 Å². The summed E-state index contributed by atoms with van der Waals surface area (Å²) in [5.74, 6) is -1.18. The van der Waals surface area contributed by atoms with Gasteiger partial charge in [-0.3, -0.25) is 0 Å². The summed E-state index contributed by atoms with van der Waals surface area (Å²) in [5, 5.41) is 9.17. The fraction of sp³-hybridized carbons (Fsp3) is 0.533. The Morgan fingerprint density at radius 2 is 2.00 bits per heavy atom. The smallest absolute Gasteiger partial charge is 0.335 e. The van der Waals surface area contributed by atoms with Crippen LogP contribution in [0, 0.1) is 0 Å². The molecule has 128 valence electrons. The number of methoxy groups -OCH3 is 1. The van der Waals surface area contributed by atoms with E-state index >= 15 is 0 Å². The lowest BCUT2D eigenvalue weighted by Crippen LogP contribution is -2.49. The molecular formula is C15H21NO6S. The Morgan fingerprint density at radius 3 is 2.57 bits per heavy atom. The van der Waals surface area contributed by atoms with Gasteiger partial charge in [0.05, 0.1) is 17.1 Å². The maximum absolute atomic E-state index is 12.7. The van der Waals surface area contributed by atoms with Crippen molar-refractivity contribution in [3.8, 4) is 0 Å². The van der Waals surface area contributed by atoms with E-state index in [-0.39, 0.29) is 17.1 Å². The van der Waals surface area contributed by atoms with Crippen LogP contribution in [0.3, 0.4) is 0 Å². The molecule has 0 bridgehead atoms. The summed E-state index contributed by atoms with van der Waals surface area (Å²) in [7, 11) is -2.38. The van der Waals surface area contributed by atoms with Gasteiger partial charge in [0, 0.05) is 25.9 Å². The van der Waals surface area contributed by atoms with Gasteiger partial charge in [-0.1, -0.05) is 0 Å². The van der Waals surface area contributed by atoms with Crippen LogP contribution in [0.4, 0.5) is 0 Å². The van der Waals surface area contributed by atoms with Gasteiger partial charge < -0.3 is 14.6 Å². The molecular weight excluding hydrogens is 322 g/mol. The van der Waals surface area contributed by atoms with Crippen molar-refractivity contribution in [2.24, 2.45) is 0 Å². The standard InChI is InChI=1S/C15H21NO6S/c1-15(3-5-22-6-4-15)16-23(19,20)13-8-11(10-21-2)7-12(9-13)14(17)18/h7-9,16H,3-6,10H2,1-2H3,(H,17,18). The first kappa shape index (κ1) is 17.9. The molecule has 1 aromatic rings. The second kappa shape index (κ2) is 6.96. The summed E-state index contributed by atoms with van der Waals surface area (Å²) in [4.78, 5) is 11.1. The molecule has 2 N–H and O–H groups in total. The van der Waals surface area contributed by atoms with Crippen LogP contribution in [0.2, 0.25) is 0 Å². The zero-order valence-electron chi connectivity index (χ0n) is 13.2. The van der Waals surface area contributed by atoms with E-state index in [1.165, 1.54) is 19.2 Å². The number of sulfonamides is 1. The zero-order valence-corrected chi connectivity index (χ0v) is 14.0. The first-order chi connectivity index (χ1) is 10.8. The molecule has 1 aliphatic rings. The van der Waals surface area contributed by atoms with Crippen molar-refractivity contribution >= 4 is 16.0 Å². The maximum atomic E-state index is 12.7. The van der Waals surface area contributed by atoms with Crippen LogP contribution in [-0.4, -0.2) is 45.4 Å². The average molecular weight is 343 g/mol. The highest BCUT2D eigenvalue weighted by Crippen LogP contribution is 2.24. The molecule has 1 saturated heterocycles. The number of hydrogen-bond acceptors (Lipinski definition) is 5. The van der Waals surface area contributed by atoms with Crippen LogP contribution in [0.5, 0.6) is 0 Å². The number of nitrogens with one attached hydrogen (secondary N) is 1. The Kier molecular flexibility index (Phi) is 5.41. The fourth-order valence-corrected chi connectivity index (χ4v) is 4.06. The molecule has 0 aromatic heterocycles. The monoisotopic (exact) mass is 343 g/mol.